The standard InChI is InChI=1S/C39H56O10/c1-11-23-44-38(45-24-12-2,27-42-35(40)29(5)6)48-33-19-15-31(16-20-33)37(9,10)32-17-21-34(22-18-32)49-39(46-25-13-3,47-26-14-4)28-43-36(41)30(7)8/h15-22H,5,7,11-14,23-28H2,1-4,6,8-10H3. The largest absolute Gasteiger partial charge is 0.452 e. The lowest BCUT2D eigenvalue weighted by Crippen LogP contribution is -2.48. The van der Waals surface area contributed by atoms with Crippen LogP contribution in [-0.2, 0) is 43.4 Å². The van der Waals surface area contributed by atoms with Crippen LogP contribution in [0, 0.1) is 0 Å². The van der Waals surface area contributed by atoms with Crippen LogP contribution in [0.5, 0.6) is 11.5 Å². The van der Waals surface area contributed by atoms with Crippen LogP contribution in [0.15, 0.2) is 72.8 Å². The van der Waals surface area contributed by atoms with Crippen molar-refractivity contribution in [1.82, 2.24) is 0 Å². The van der Waals surface area contributed by atoms with Gasteiger partial charge in [0.15, 0.2) is 13.2 Å². The van der Waals surface area contributed by atoms with Gasteiger partial charge in [0.2, 0.25) is 0 Å². The van der Waals surface area contributed by atoms with Gasteiger partial charge in [-0.1, -0.05) is 79.0 Å². The molecular weight excluding hydrogens is 628 g/mol. The molecule has 0 bridgehead atoms. The van der Waals surface area contributed by atoms with E-state index in [0.717, 1.165) is 11.1 Å². The minimum Gasteiger partial charge on any atom is -0.452 e. The monoisotopic (exact) mass is 684 g/mol. The van der Waals surface area contributed by atoms with Gasteiger partial charge in [-0.2, -0.15) is 0 Å². The van der Waals surface area contributed by atoms with Crippen LogP contribution in [-0.4, -0.2) is 63.5 Å². The van der Waals surface area contributed by atoms with E-state index in [2.05, 4.69) is 27.0 Å². The summed E-state index contributed by atoms with van der Waals surface area (Å²) >= 11 is 0. The molecule has 0 amide bonds. The predicted octanol–water partition coefficient (Wildman–Crippen LogP) is 8.02. The molecule has 272 valence electrons. The van der Waals surface area contributed by atoms with E-state index in [-0.39, 0.29) is 24.4 Å². The van der Waals surface area contributed by atoms with Crippen molar-refractivity contribution < 1.29 is 47.5 Å². The van der Waals surface area contributed by atoms with Gasteiger partial charge in [-0.15, -0.1) is 0 Å². The van der Waals surface area contributed by atoms with Crippen LogP contribution >= 0.6 is 0 Å². The molecular formula is C39H56O10. The number of hydrogen-bond donors (Lipinski definition) is 0. The summed E-state index contributed by atoms with van der Waals surface area (Å²) in [6.07, 6.45) is 2.86. The lowest BCUT2D eigenvalue weighted by molar-refractivity contribution is -0.356. The Morgan fingerprint density at radius 3 is 1.08 bits per heavy atom. The Labute approximate surface area is 292 Å². The highest BCUT2D eigenvalue weighted by Crippen LogP contribution is 2.35. The lowest BCUT2D eigenvalue weighted by Gasteiger charge is -2.33. The molecule has 49 heavy (non-hydrogen) atoms. The molecule has 0 heterocycles. The number of rotatable bonds is 24. The average Bonchev–Trinajstić information content (AvgIpc) is 3.09. The van der Waals surface area contributed by atoms with Crippen molar-refractivity contribution in [2.24, 2.45) is 0 Å². The maximum Gasteiger partial charge on any atom is 0.363 e. The zero-order chi connectivity index (χ0) is 36.5. The summed E-state index contributed by atoms with van der Waals surface area (Å²) in [6.45, 7) is 23.4. The molecule has 2 aromatic rings. The third-order valence-corrected chi connectivity index (χ3v) is 7.26. The summed E-state index contributed by atoms with van der Waals surface area (Å²) in [5.41, 5.74) is 2.17. The number of carbonyl (C=O) groups excluding carboxylic acids is 2. The van der Waals surface area contributed by atoms with Crippen LogP contribution in [0.25, 0.3) is 0 Å². The first-order valence-electron chi connectivity index (χ1n) is 17.1. The zero-order valence-electron chi connectivity index (χ0n) is 30.7. The molecule has 2 aromatic carbocycles. The van der Waals surface area contributed by atoms with Crippen molar-refractivity contribution in [3.05, 3.63) is 84.0 Å². The van der Waals surface area contributed by atoms with Gasteiger partial charge >= 0.3 is 23.9 Å². The van der Waals surface area contributed by atoms with Crippen molar-refractivity contribution in [3.63, 3.8) is 0 Å². The lowest BCUT2D eigenvalue weighted by atomic mass is 9.78. The molecule has 0 unspecified atom stereocenters. The smallest absolute Gasteiger partial charge is 0.363 e. The predicted molar refractivity (Wildman–Crippen MR) is 188 cm³/mol. The minimum absolute atomic E-state index is 0.259. The topological polar surface area (TPSA) is 108 Å². The minimum atomic E-state index is -1.61. The van der Waals surface area contributed by atoms with Gasteiger partial charge in [0.05, 0.1) is 26.4 Å². The van der Waals surface area contributed by atoms with Crippen LogP contribution in [0.1, 0.15) is 92.2 Å². The molecule has 2 rings (SSSR count). The molecule has 0 aliphatic rings. The van der Waals surface area contributed by atoms with E-state index >= 15 is 0 Å². The molecule has 0 radical (unpaired) electrons. The van der Waals surface area contributed by atoms with Crippen LogP contribution in [0.3, 0.4) is 0 Å². The van der Waals surface area contributed by atoms with Crippen molar-refractivity contribution in [2.45, 2.75) is 98.4 Å². The van der Waals surface area contributed by atoms with Crippen LogP contribution in [0.4, 0.5) is 0 Å². The number of carbonyl (C=O) groups is 2. The Balaban J connectivity index is 2.31. The highest BCUT2D eigenvalue weighted by Gasteiger charge is 2.39. The quantitative estimate of drug-likeness (QED) is 0.0613. The molecule has 0 aromatic heterocycles. The maximum absolute atomic E-state index is 12.2. The van der Waals surface area contributed by atoms with E-state index in [1.165, 1.54) is 0 Å². The van der Waals surface area contributed by atoms with E-state index < -0.39 is 29.3 Å². The Hall–Kier alpha value is -3.70. The second-order valence-electron chi connectivity index (χ2n) is 12.4. The molecule has 0 spiro atoms. The van der Waals surface area contributed by atoms with Gasteiger partial charge in [-0.05, 0) is 74.9 Å². The normalized spacial score (nSPS) is 11.9. The first kappa shape index (κ1) is 41.5. The average molecular weight is 685 g/mol. The van der Waals surface area contributed by atoms with Gasteiger partial charge < -0.3 is 37.9 Å². The van der Waals surface area contributed by atoms with Crippen molar-refractivity contribution in [2.75, 3.05) is 39.6 Å². The number of ether oxygens (including phenoxy) is 8. The number of esters is 2. The van der Waals surface area contributed by atoms with Crippen molar-refractivity contribution in [1.29, 1.82) is 0 Å². The number of benzene rings is 2. The molecule has 0 aliphatic carbocycles. The molecule has 0 N–H and O–H groups in total. The molecule has 0 saturated heterocycles. The molecule has 10 heteroatoms. The molecule has 0 aliphatic heterocycles. The Morgan fingerprint density at radius 2 is 0.837 bits per heavy atom. The van der Waals surface area contributed by atoms with Crippen molar-refractivity contribution >= 4 is 11.9 Å². The van der Waals surface area contributed by atoms with Gasteiger partial charge in [0.1, 0.15) is 11.5 Å². The van der Waals surface area contributed by atoms with E-state index in [9.17, 15) is 9.59 Å². The second-order valence-corrected chi connectivity index (χ2v) is 12.4. The van der Waals surface area contributed by atoms with E-state index in [4.69, 9.17) is 37.9 Å². The summed E-state index contributed by atoms with van der Waals surface area (Å²) in [5, 5.41) is 0. The zero-order valence-corrected chi connectivity index (χ0v) is 30.7. The first-order chi connectivity index (χ1) is 23.3. The summed E-state index contributed by atoms with van der Waals surface area (Å²) in [7, 11) is 0. The molecule has 10 nitrogen and oxygen atoms in total. The fraction of sp³-hybridized carbons (Fsp3) is 0.538. The third-order valence-electron chi connectivity index (χ3n) is 7.26. The number of hydrogen-bond acceptors (Lipinski definition) is 10. The third kappa shape index (κ3) is 12.9. The summed E-state index contributed by atoms with van der Waals surface area (Å²) in [5.74, 6) is -3.34. The Kier molecular flexibility index (Phi) is 17.0. The van der Waals surface area contributed by atoms with Crippen LogP contribution in [0.2, 0.25) is 0 Å². The fourth-order valence-electron chi connectivity index (χ4n) is 4.42. The van der Waals surface area contributed by atoms with E-state index in [1.807, 2.05) is 76.2 Å². The molecule has 0 saturated carbocycles. The second kappa shape index (κ2) is 20.1. The summed E-state index contributed by atoms with van der Waals surface area (Å²) < 4.78 is 47.3. The SMILES string of the molecule is C=C(C)C(=O)OCC(OCCC)(OCCC)Oc1ccc(C(C)(C)c2ccc(OC(COC(=O)C(=C)C)(OCCC)OCCC)cc2)cc1. The molecule has 0 fully saturated rings. The van der Waals surface area contributed by atoms with E-state index in [1.54, 1.807) is 13.8 Å². The van der Waals surface area contributed by atoms with Crippen LogP contribution < -0.4 is 9.47 Å². The van der Waals surface area contributed by atoms with Gasteiger partial charge in [0, 0.05) is 16.6 Å². The Morgan fingerprint density at radius 1 is 0.551 bits per heavy atom. The van der Waals surface area contributed by atoms with E-state index in [0.29, 0.717) is 63.6 Å². The molecule has 0 atom stereocenters. The summed E-state index contributed by atoms with van der Waals surface area (Å²) in [6, 6.07) is 15.3. The maximum atomic E-state index is 12.2. The van der Waals surface area contributed by atoms with Gasteiger partial charge in [0.25, 0.3) is 0 Å². The Bertz CT molecular complexity index is 1210. The van der Waals surface area contributed by atoms with Crippen molar-refractivity contribution in [3.8, 4) is 11.5 Å². The fourth-order valence-corrected chi connectivity index (χ4v) is 4.42. The highest BCUT2D eigenvalue weighted by molar-refractivity contribution is 5.87. The first-order valence-corrected chi connectivity index (χ1v) is 17.1. The van der Waals surface area contributed by atoms with Gasteiger partial charge in [-0.3, -0.25) is 0 Å². The summed E-state index contributed by atoms with van der Waals surface area (Å²) in [4.78, 5) is 24.4. The highest BCUT2D eigenvalue weighted by atomic mass is 16.9. The van der Waals surface area contributed by atoms with Gasteiger partial charge in [-0.25, -0.2) is 9.59 Å².